The van der Waals surface area contributed by atoms with E-state index in [0.29, 0.717) is 12.4 Å². The average molecular weight is 385 g/mol. The largest absolute Gasteiger partial charge is 0.462 e. The van der Waals surface area contributed by atoms with Crippen molar-refractivity contribution in [2.24, 2.45) is 0 Å². The van der Waals surface area contributed by atoms with Gasteiger partial charge in [-0.05, 0) is 44.4 Å². The first-order valence-electron chi connectivity index (χ1n) is 9.20. The molecule has 1 N–H and O–H groups in total. The van der Waals surface area contributed by atoms with Crippen LogP contribution in [0.3, 0.4) is 0 Å². The van der Waals surface area contributed by atoms with Gasteiger partial charge < -0.3 is 19.0 Å². The summed E-state index contributed by atoms with van der Waals surface area (Å²) in [5.74, 6) is -0.240. The number of furan rings is 1. The van der Waals surface area contributed by atoms with Crippen LogP contribution >= 0.6 is 0 Å². The summed E-state index contributed by atoms with van der Waals surface area (Å²) in [6, 6.07) is 4.75. The molecule has 0 unspecified atom stereocenters. The maximum atomic E-state index is 13.7. The Bertz CT molecular complexity index is 1120. The number of nitrogens with one attached hydrogen (secondary N) is 1. The molecule has 0 aliphatic carbocycles. The van der Waals surface area contributed by atoms with Gasteiger partial charge >= 0.3 is 5.97 Å². The van der Waals surface area contributed by atoms with Crippen LogP contribution in [0.15, 0.2) is 27.4 Å². The lowest BCUT2D eigenvalue weighted by atomic mass is 10.0. The Morgan fingerprint density at radius 1 is 1.43 bits per heavy atom. The van der Waals surface area contributed by atoms with E-state index in [0.717, 1.165) is 30.6 Å². The van der Waals surface area contributed by atoms with Gasteiger partial charge in [-0.2, -0.15) is 4.98 Å². The Morgan fingerprint density at radius 2 is 2.25 bits per heavy atom. The van der Waals surface area contributed by atoms with E-state index in [1.807, 2.05) is 4.90 Å². The molecule has 0 atom stereocenters. The van der Waals surface area contributed by atoms with Crippen LogP contribution in [0.5, 0.6) is 0 Å². The summed E-state index contributed by atoms with van der Waals surface area (Å²) in [6.45, 7) is 4.50. The molecule has 0 spiro atoms. The second-order valence-corrected chi connectivity index (χ2v) is 6.74. The van der Waals surface area contributed by atoms with Gasteiger partial charge in [0.2, 0.25) is 5.71 Å². The number of H-pyrrole nitrogens is 1. The lowest BCUT2D eigenvalue weighted by Gasteiger charge is -2.30. The molecule has 2 aromatic heterocycles. The number of ether oxygens (including phenoxy) is 1. The molecule has 3 heterocycles. The highest BCUT2D eigenvalue weighted by Crippen LogP contribution is 2.29. The second kappa shape index (κ2) is 7.10. The van der Waals surface area contributed by atoms with E-state index >= 15 is 0 Å². The average Bonchev–Trinajstić information content (AvgIpc) is 2.99. The highest BCUT2D eigenvalue weighted by molar-refractivity contribution is 6.03. The third-order valence-corrected chi connectivity index (χ3v) is 4.87. The Hall–Kier alpha value is -3.16. The molecule has 0 saturated heterocycles. The van der Waals surface area contributed by atoms with Gasteiger partial charge in [0.1, 0.15) is 28.4 Å². The van der Waals surface area contributed by atoms with E-state index in [4.69, 9.17) is 9.15 Å². The Labute approximate surface area is 160 Å². The quantitative estimate of drug-likeness (QED) is 0.695. The van der Waals surface area contributed by atoms with Crippen LogP contribution in [0.25, 0.3) is 11.1 Å². The zero-order valence-corrected chi connectivity index (χ0v) is 15.7. The van der Waals surface area contributed by atoms with Crippen molar-refractivity contribution in [2.45, 2.75) is 33.2 Å². The number of halogens is 1. The van der Waals surface area contributed by atoms with E-state index in [-0.39, 0.29) is 34.8 Å². The minimum atomic E-state index is -0.612. The van der Waals surface area contributed by atoms with Crippen molar-refractivity contribution in [3.8, 4) is 0 Å². The van der Waals surface area contributed by atoms with Crippen LogP contribution in [-0.4, -0.2) is 29.1 Å². The van der Waals surface area contributed by atoms with E-state index in [9.17, 15) is 14.0 Å². The molecule has 0 saturated carbocycles. The van der Waals surface area contributed by atoms with Gasteiger partial charge in [0.15, 0.2) is 0 Å². The van der Waals surface area contributed by atoms with E-state index < -0.39 is 11.5 Å². The summed E-state index contributed by atoms with van der Waals surface area (Å²) in [5, 5.41) is 0.0878. The molecule has 146 valence electrons. The van der Waals surface area contributed by atoms with Crippen molar-refractivity contribution in [3.05, 3.63) is 57.1 Å². The minimum Gasteiger partial charge on any atom is -0.462 e. The van der Waals surface area contributed by atoms with Gasteiger partial charge in [-0.3, -0.25) is 4.79 Å². The molecule has 3 aromatic rings. The molecule has 1 aromatic carbocycles. The van der Waals surface area contributed by atoms with Crippen molar-refractivity contribution < 1.29 is 18.3 Å². The molecule has 4 rings (SSSR count). The number of nitrogens with zero attached hydrogens (tertiary/aromatic N) is 2. The van der Waals surface area contributed by atoms with Crippen molar-refractivity contribution >= 4 is 22.8 Å². The number of esters is 1. The molecule has 0 bridgehead atoms. The van der Waals surface area contributed by atoms with Gasteiger partial charge in [0.25, 0.3) is 5.56 Å². The number of benzene rings is 1. The number of rotatable bonds is 4. The van der Waals surface area contributed by atoms with Gasteiger partial charge in [-0.15, -0.1) is 0 Å². The van der Waals surface area contributed by atoms with Crippen LogP contribution in [0, 0.1) is 12.7 Å². The van der Waals surface area contributed by atoms with Crippen molar-refractivity contribution in [3.63, 3.8) is 0 Å². The number of aromatic amines is 1. The van der Waals surface area contributed by atoms with Crippen LogP contribution in [0.1, 0.15) is 40.9 Å². The summed E-state index contributed by atoms with van der Waals surface area (Å²) >= 11 is 0. The molecular weight excluding hydrogens is 365 g/mol. The first-order valence-corrected chi connectivity index (χ1v) is 9.20. The lowest BCUT2D eigenvalue weighted by molar-refractivity contribution is 0.0526. The number of fused-ring (bicyclic) bond motifs is 2. The van der Waals surface area contributed by atoms with Crippen LogP contribution < -0.4 is 10.5 Å². The molecule has 28 heavy (non-hydrogen) atoms. The zero-order valence-electron chi connectivity index (χ0n) is 15.7. The maximum absolute atomic E-state index is 13.7. The van der Waals surface area contributed by atoms with Gasteiger partial charge in [-0.25, -0.2) is 9.18 Å². The highest BCUT2D eigenvalue weighted by atomic mass is 19.1. The molecule has 0 radical (unpaired) electrons. The summed E-state index contributed by atoms with van der Waals surface area (Å²) in [5.41, 5.74) is 1.60. The zero-order chi connectivity index (χ0) is 19.8. The number of carbonyl (C=O) groups is 1. The molecule has 7 nitrogen and oxygen atoms in total. The molecular formula is C20H20FN3O4. The summed E-state index contributed by atoms with van der Waals surface area (Å²) in [6.07, 6.45) is 1.81. The first kappa shape index (κ1) is 18.2. The predicted molar refractivity (Wildman–Crippen MR) is 101 cm³/mol. The monoisotopic (exact) mass is 385 g/mol. The number of anilines is 1. The minimum absolute atomic E-state index is 0.0878. The Morgan fingerprint density at radius 3 is 3.04 bits per heavy atom. The third kappa shape index (κ3) is 3.15. The maximum Gasteiger partial charge on any atom is 0.342 e. The Kier molecular flexibility index (Phi) is 4.62. The predicted octanol–water partition coefficient (Wildman–Crippen LogP) is 3.09. The summed E-state index contributed by atoms with van der Waals surface area (Å²) < 4.78 is 24.3. The van der Waals surface area contributed by atoms with Crippen molar-refractivity contribution in [2.75, 3.05) is 18.1 Å². The topological polar surface area (TPSA) is 88.4 Å². The fraction of sp³-hybridized carbons (Fsp3) is 0.350. The highest BCUT2D eigenvalue weighted by Gasteiger charge is 2.25. The number of hydrogen-bond donors (Lipinski definition) is 1. The standard InChI is InChI=1S/C20H20FN3O4/c1-3-27-20(26)16-11(2)28-19-17(16)18(25)22-15(23-19)10-24-8-4-5-12-6-7-13(21)9-14(12)24/h6-7,9H,3-5,8,10H2,1-2H3,(H,22,23,25). The Balaban J connectivity index is 1.72. The number of carbonyl (C=O) groups excluding carboxylic acids is 1. The second-order valence-electron chi connectivity index (χ2n) is 6.74. The smallest absolute Gasteiger partial charge is 0.342 e. The van der Waals surface area contributed by atoms with Gasteiger partial charge in [0.05, 0.1) is 13.2 Å². The number of hydrogen-bond acceptors (Lipinski definition) is 6. The van der Waals surface area contributed by atoms with Crippen LogP contribution in [0.4, 0.5) is 10.1 Å². The first-order chi connectivity index (χ1) is 13.5. The van der Waals surface area contributed by atoms with E-state index in [1.54, 1.807) is 19.9 Å². The van der Waals surface area contributed by atoms with E-state index in [2.05, 4.69) is 9.97 Å². The molecule has 0 amide bonds. The molecule has 0 fully saturated rings. The van der Waals surface area contributed by atoms with Crippen LogP contribution in [-0.2, 0) is 17.7 Å². The van der Waals surface area contributed by atoms with E-state index in [1.165, 1.54) is 12.1 Å². The van der Waals surface area contributed by atoms with Gasteiger partial charge in [-0.1, -0.05) is 6.07 Å². The van der Waals surface area contributed by atoms with Gasteiger partial charge in [0, 0.05) is 12.2 Å². The fourth-order valence-electron chi connectivity index (χ4n) is 3.66. The normalized spacial score (nSPS) is 13.6. The lowest BCUT2D eigenvalue weighted by Crippen LogP contribution is -2.30. The van der Waals surface area contributed by atoms with Crippen molar-refractivity contribution in [1.82, 2.24) is 9.97 Å². The number of aromatic nitrogens is 2. The fourth-order valence-corrected chi connectivity index (χ4v) is 3.66. The number of aryl methyl sites for hydroxylation is 2. The summed E-state index contributed by atoms with van der Waals surface area (Å²) in [4.78, 5) is 33.9. The molecule has 8 heteroatoms. The SMILES string of the molecule is CCOC(=O)c1c(C)oc2nc(CN3CCCc4ccc(F)cc43)[nH]c(=O)c12. The van der Waals surface area contributed by atoms with Crippen molar-refractivity contribution in [1.29, 1.82) is 0 Å². The molecule has 1 aliphatic heterocycles. The molecule has 1 aliphatic rings. The van der Waals surface area contributed by atoms with Crippen LogP contribution in [0.2, 0.25) is 0 Å². The summed E-state index contributed by atoms with van der Waals surface area (Å²) in [7, 11) is 0. The third-order valence-electron chi connectivity index (χ3n) is 4.87.